The van der Waals surface area contributed by atoms with E-state index in [-0.39, 0.29) is 10.7 Å². The second-order valence-corrected chi connectivity index (χ2v) is 7.45. The first-order valence-corrected chi connectivity index (χ1v) is 9.37. The van der Waals surface area contributed by atoms with Crippen LogP contribution in [-0.4, -0.2) is 21.5 Å². The van der Waals surface area contributed by atoms with Crippen molar-refractivity contribution in [3.63, 3.8) is 0 Å². The molecule has 1 aromatic heterocycles. The van der Waals surface area contributed by atoms with Crippen LogP contribution in [0.15, 0.2) is 64.8 Å². The number of hydrogen-bond donors (Lipinski definition) is 1. The zero-order valence-corrected chi connectivity index (χ0v) is 16.7. The van der Waals surface area contributed by atoms with Gasteiger partial charge < -0.3 is 4.57 Å². The molecule has 5 nitrogen and oxygen atoms in total. The number of anilines is 1. The van der Waals surface area contributed by atoms with Crippen LogP contribution in [0.2, 0.25) is 0 Å². The molecule has 7 heteroatoms. The molecule has 0 radical (unpaired) electrons. The minimum absolute atomic E-state index is 0.0443. The standard InChI is InChI=1S/C20H14BrN3O2S/c1-23-11-12(15-4-2-3-5-17(15)23)10-16-18(25)22-20(27)24(19(16)26)14-8-6-13(21)7-9-14/h2-11H,1H3,(H,22,25,27). The lowest BCUT2D eigenvalue weighted by molar-refractivity contribution is -0.122. The van der Waals surface area contributed by atoms with E-state index in [2.05, 4.69) is 21.2 Å². The maximum absolute atomic E-state index is 13.1. The van der Waals surface area contributed by atoms with Gasteiger partial charge in [0.25, 0.3) is 11.8 Å². The van der Waals surface area contributed by atoms with Crippen molar-refractivity contribution in [3.05, 3.63) is 70.3 Å². The predicted molar refractivity (Wildman–Crippen MR) is 113 cm³/mol. The summed E-state index contributed by atoms with van der Waals surface area (Å²) in [5.74, 6) is -0.940. The van der Waals surface area contributed by atoms with Gasteiger partial charge in [0, 0.05) is 34.2 Å². The zero-order chi connectivity index (χ0) is 19.1. The number of aryl methyl sites for hydroxylation is 1. The average Bonchev–Trinajstić information content (AvgIpc) is 2.96. The number of thiocarbonyl (C=S) groups is 1. The van der Waals surface area contributed by atoms with Crippen molar-refractivity contribution >= 4 is 67.7 Å². The SMILES string of the molecule is Cn1cc(C=C2C(=O)NC(=S)N(c3ccc(Br)cc3)C2=O)c2ccccc21. The molecule has 134 valence electrons. The Labute approximate surface area is 169 Å². The van der Waals surface area contributed by atoms with Crippen LogP contribution in [0.3, 0.4) is 0 Å². The minimum atomic E-state index is -0.494. The number of para-hydroxylation sites is 1. The van der Waals surface area contributed by atoms with Gasteiger partial charge in [0.05, 0.1) is 5.69 Å². The van der Waals surface area contributed by atoms with Gasteiger partial charge in [0.15, 0.2) is 5.11 Å². The van der Waals surface area contributed by atoms with Gasteiger partial charge in [-0.15, -0.1) is 0 Å². The fourth-order valence-electron chi connectivity index (χ4n) is 3.13. The van der Waals surface area contributed by atoms with Gasteiger partial charge in [-0.25, -0.2) is 0 Å². The number of carbonyl (C=O) groups excluding carboxylic acids is 2. The first-order chi connectivity index (χ1) is 13.0. The van der Waals surface area contributed by atoms with Gasteiger partial charge >= 0.3 is 0 Å². The van der Waals surface area contributed by atoms with Gasteiger partial charge in [0.1, 0.15) is 5.57 Å². The molecule has 0 atom stereocenters. The summed E-state index contributed by atoms with van der Waals surface area (Å²) < 4.78 is 2.85. The highest BCUT2D eigenvalue weighted by Gasteiger charge is 2.34. The number of hydrogen-bond acceptors (Lipinski definition) is 3. The van der Waals surface area contributed by atoms with E-state index in [1.807, 2.05) is 54.2 Å². The number of halogens is 1. The lowest BCUT2D eigenvalue weighted by atomic mass is 10.1. The molecule has 1 saturated heterocycles. The molecule has 2 aromatic carbocycles. The Bertz CT molecular complexity index is 1130. The van der Waals surface area contributed by atoms with E-state index in [0.717, 1.165) is 20.9 Å². The number of nitrogens with zero attached hydrogens (tertiary/aromatic N) is 2. The molecule has 2 heterocycles. The summed E-state index contributed by atoms with van der Waals surface area (Å²) in [5.41, 5.74) is 2.46. The molecular weight excluding hydrogens is 426 g/mol. The third-order valence-electron chi connectivity index (χ3n) is 4.41. The third kappa shape index (κ3) is 3.09. The Hall–Kier alpha value is -2.77. The number of rotatable bonds is 2. The lowest BCUT2D eigenvalue weighted by Gasteiger charge is -2.28. The monoisotopic (exact) mass is 439 g/mol. The highest BCUT2D eigenvalue weighted by Crippen LogP contribution is 2.26. The first kappa shape index (κ1) is 17.6. The quantitative estimate of drug-likeness (QED) is 0.375. The molecule has 0 saturated carbocycles. The Balaban J connectivity index is 1.80. The average molecular weight is 440 g/mol. The second-order valence-electron chi connectivity index (χ2n) is 6.15. The van der Waals surface area contributed by atoms with E-state index in [9.17, 15) is 9.59 Å². The van der Waals surface area contributed by atoms with Gasteiger partial charge in [-0.05, 0) is 48.6 Å². The Morgan fingerprint density at radius 1 is 1.07 bits per heavy atom. The van der Waals surface area contributed by atoms with Gasteiger partial charge in [-0.2, -0.15) is 0 Å². The topological polar surface area (TPSA) is 54.3 Å². The molecule has 1 N–H and O–H groups in total. The molecule has 0 aliphatic carbocycles. The maximum Gasteiger partial charge on any atom is 0.270 e. The molecule has 0 unspecified atom stereocenters. The summed E-state index contributed by atoms with van der Waals surface area (Å²) in [5, 5.41) is 3.65. The summed E-state index contributed by atoms with van der Waals surface area (Å²) in [4.78, 5) is 26.9. The molecule has 0 bridgehead atoms. The van der Waals surface area contributed by atoms with E-state index >= 15 is 0 Å². The molecule has 1 fully saturated rings. The molecular formula is C20H14BrN3O2S. The highest BCUT2D eigenvalue weighted by atomic mass is 79.9. The van der Waals surface area contributed by atoms with Gasteiger partial charge in [0.2, 0.25) is 0 Å². The summed E-state index contributed by atoms with van der Waals surface area (Å²) >= 11 is 8.60. The highest BCUT2D eigenvalue weighted by molar-refractivity contribution is 9.10. The summed E-state index contributed by atoms with van der Waals surface area (Å²) in [6.45, 7) is 0. The van der Waals surface area contributed by atoms with Gasteiger partial charge in [-0.1, -0.05) is 34.1 Å². The van der Waals surface area contributed by atoms with Crippen LogP contribution in [0, 0.1) is 0 Å². The van der Waals surface area contributed by atoms with Crippen LogP contribution in [0.4, 0.5) is 5.69 Å². The second kappa shape index (κ2) is 6.75. The van der Waals surface area contributed by atoms with Crippen molar-refractivity contribution in [1.29, 1.82) is 0 Å². The van der Waals surface area contributed by atoms with E-state index in [1.165, 1.54) is 4.90 Å². The summed E-state index contributed by atoms with van der Waals surface area (Å²) in [6, 6.07) is 15.0. The molecule has 2 amide bonds. The molecule has 3 aromatic rings. The molecule has 1 aliphatic heterocycles. The van der Waals surface area contributed by atoms with E-state index < -0.39 is 11.8 Å². The van der Waals surface area contributed by atoms with Crippen LogP contribution in [0.5, 0.6) is 0 Å². The third-order valence-corrected chi connectivity index (χ3v) is 5.23. The first-order valence-electron chi connectivity index (χ1n) is 8.17. The Morgan fingerprint density at radius 2 is 1.78 bits per heavy atom. The van der Waals surface area contributed by atoms with Crippen molar-refractivity contribution < 1.29 is 9.59 Å². The Kier molecular flexibility index (Phi) is 4.41. The predicted octanol–water partition coefficient (Wildman–Crippen LogP) is 3.77. The molecule has 1 aliphatic rings. The van der Waals surface area contributed by atoms with Crippen molar-refractivity contribution in [3.8, 4) is 0 Å². The van der Waals surface area contributed by atoms with Crippen LogP contribution in [0.25, 0.3) is 17.0 Å². The number of fused-ring (bicyclic) bond motifs is 1. The number of nitrogens with one attached hydrogen (secondary N) is 1. The van der Waals surface area contributed by atoms with Crippen molar-refractivity contribution in [1.82, 2.24) is 9.88 Å². The van der Waals surface area contributed by atoms with Gasteiger partial charge in [-0.3, -0.25) is 19.8 Å². The lowest BCUT2D eigenvalue weighted by Crippen LogP contribution is -2.54. The van der Waals surface area contributed by atoms with Crippen LogP contribution in [-0.2, 0) is 16.6 Å². The van der Waals surface area contributed by atoms with Crippen molar-refractivity contribution in [2.45, 2.75) is 0 Å². The van der Waals surface area contributed by atoms with Crippen molar-refractivity contribution in [2.24, 2.45) is 7.05 Å². The summed E-state index contributed by atoms with van der Waals surface area (Å²) in [6.07, 6.45) is 3.52. The number of amides is 2. The minimum Gasteiger partial charge on any atom is -0.350 e. The Morgan fingerprint density at radius 3 is 2.52 bits per heavy atom. The number of benzene rings is 2. The fourth-order valence-corrected chi connectivity index (χ4v) is 3.67. The molecule has 27 heavy (non-hydrogen) atoms. The van der Waals surface area contributed by atoms with Crippen LogP contribution in [0.1, 0.15) is 5.56 Å². The van der Waals surface area contributed by atoms with E-state index in [4.69, 9.17) is 12.2 Å². The smallest absolute Gasteiger partial charge is 0.270 e. The maximum atomic E-state index is 13.1. The molecule has 4 rings (SSSR count). The van der Waals surface area contributed by atoms with Crippen LogP contribution >= 0.6 is 28.1 Å². The number of aromatic nitrogens is 1. The van der Waals surface area contributed by atoms with Crippen molar-refractivity contribution in [2.75, 3.05) is 4.90 Å². The summed E-state index contributed by atoms with van der Waals surface area (Å²) in [7, 11) is 1.93. The van der Waals surface area contributed by atoms with Crippen LogP contribution < -0.4 is 10.2 Å². The number of carbonyl (C=O) groups is 2. The van der Waals surface area contributed by atoms with E-state index in [1.54, 1.807) is 18.2 Å². The van der Waals surface area contributed by atoms with E-state index in [0.29, 0.717) is 5.69 Å². The molecule has 0 spiro atoms. The fraction of sp³-hybridized carbons (Fsp3) is 0.0500. The zero-order valence-electron chi connectivity index (χ0n) is 14.3. The largest absolute Gasteiger partial charge is 0.350 e. The normalized spacial score (nSPS) is 16.3.